The molecule has 0 spiro atoms. The highest BCUT2D eigenvalue weighted by Gasteiger charge is 2.54. The molecule has 1 aromatic carbocycles. The molecule has 14 nitrogen and oxygen atoms in total. The zero-order chi connectivity index (χ0) is 29.0. The van der Waals surface area contributed by atoms with Crippen LogP contribution in [-0.4, -0.2) is 82.9 Å². The van der Waals surface area contributed by atoms with Gasteiger partial charge in [0.2, 0.25) is 5.78 Å². The SMILES string of the molecule is CC(=O)OC[C@H]1O[C@@H](N(NC2=Nc3ccc(Br)cc3C2=O)C(N)=S)[C@H](OC(C)=O)[C@@H](OC(C)=O)[C@H]1OC(C)=O. The number of halogens is 1. The maximum Gasteiger partial charge on any atom is 0.303 e. The Balaban J connectivity index is 2.05. The second kappa shape index (κ2) is 12.5. The number of amidine groups is 1. The lowest BCUT2D eigenvalue weighted by molar-refractivity contribution is -0.273. The molecule has 5 atom stereocenters. The topological polar surface area (TPSA) is 185 Å². The van der Waals surface area contributed by atoms with Gasteiger partial charge in [0.25, 0.3) is 0 Å². The average Bonchev–Trinajstić information content (AvgIpc) is 3.12. The lowest BCUT2D eigenvalue weighted by Gasteiger charge is -2.47. The Morgan fingerprint density at radius 3 is 2.18 bits per heavy atom. The minimum Gasteiger partial charge on any atom is -0.463 e. The highest BCUT2D eigenvalue weighted by molar-refractivity contribution is 9.10. The summed E-state index contributed by atoms with van der Waals surface area (Å²) < 4.78 is 28.0. The highest BCUT2D eigenvalue weighted by atomic mass is 79.9. The molecular weight excluding hydrogens is 604 g/mol. The summed E-state index contributed by atoms with van der Waals surface area (Å²) in [5, 5.41) is 0.588. The molecule has 1 fully saturated rings. The van der Waals surface area contributed by atoms with Gasteiger partial charge < -0.3 is 29.4 Å². The van der Waals surface area contributed by atoms with E-state index in [0.717, 1.165) is 32.7 Å². The number of hydrazine groups is 1. The summed E-state index contributed by atoms with van der Waals surface area (Å²) in [5.41, 5.74) is 9.32. The largest absolute Gasteiger partial charge is 0.463 e. The first-order valence-electron chi connectivity index (χ1n) is 11.4. The number of benzene rings is 1. The van der Waals surface area contributed by atoms with Crippen molar-refractivity contribution in [3.63, 3.8) is 0 Å². The van der Waals surface area contributed by atoms with Gasteiger partial charge in [-0.05, 0) is 30.4 Å². The van der Waals surface area contributed by atoms with Crippen molar-refractivity contribution in [2.24, 2.45) is 10.7 Å². The molecule has 2 aliphatic heterocycles. The Hall–Kier alpha value is -3.63. The fraction of sp³-hybridized carbons (Fsp3) is 0.435. The van der Waals surface area contributed by atoms with Crippen molar-refractivity contribution in [2.45, 2.75) is 58.3 Å². The summed E-state index contributed by atoms with van der Waals surface area (Å²) >= 11 is 8.49. The monoisotopic (exact) mass is 628 g/mol. The molecule has 39 heavy (non-hydrogen) atoms. The number of nitrogens with one attached hydrogen (secondary N) is 1. The van der Waals surface area contributed by atoms with Crippen LogP contribution >= 0.6 is 28.1 Å². The molecule has 0 aromatic heterocycles. The van der Waals surface area contributed by atoms with E-state index in [2.05, 4.69) is 26.3 Å². The van der Waals surface area contributed by atoms with Crippen molar-refractivity contribution in [2.75, 3.05) is 6.61 Å². The first-order chi connectivity index (χ1) is 18.3. The number of hydrogen-bond acceptors (Lipinski definition) is 13. The van der Waals surface area contributed by atoms with Crippen molar-refractivity contribution < 1.29 is 47.7 Å². The van der Waals surface area contributed by atoms with Crippen molar-refractivity contribution in [3.8, 4) is 0 Å². The predicted molar refractivity (Wildman–Crippen MR) is 139 cm³/mol. The van der Waals surface area contributed by atoms with E-state index in [0.29, 0.717) is 10.2 Å². The number of aliphatic imine (C=N–C) groups is 1. The predicted octanol–water partition coefficient (Wildman–Crippen LogP) is 0.809. The van der Waals surface area contributed by atoms with E-state index in [1.165, 1.54) is 0 Å². The quantitative estimate of drug-likeness (QED) is 0.195. The Labute approximate surface area is 236 Å². The molecule has 0 unspecified atom stereocenters. The molecule has 0 aliphatic carbocycles. The van der Waals surface area contributed by atoms with Crippen LogP contribution in [0.2, 0.25) is 0 Å². The number of nitrogens with two attached hydrogens (primary N) is 1. The molecule has 2 heterocycles. The van der Waals surface area contributed by atoms with Crippen molar-refractivity contribution in [3.05, 3.63) is 28.2 Å². The van der Waals surface area contributed by atoms with E-state index in [-0.39, 0.29) is 16.5 Å². The molecule has 3 rings (SSSR count). The first kappa shape index (κ1) is 29.9. The maximum absolute atomic E-state index is 13.0. The summed E-state index contributed by atoms with van der Waals surface area (Å²) in [7, 11) is 0. The van der Waals surface area contributed by atoms with Gasteiger partial charge in [0.1, 0.15) is 12.7 Å². The van der Waals surface area contributed by atoms with Gasteiger partial charge in [0.05, 0.1) is 11.3 Å². The zero-order valence-corrected chi connectivity index (χ0v) is 23.6. The number of ketones is 1. The molecule has 1 aromatic rings. The molecule has 1 saturated heterocycles. The minimum absolute atomic E-state index is 0.191. The molecule has 2 aliphatic rings. The summed E-state index contributed by atoms with van der Waals surface area (Å²) in [6, 6.07) is 4.89. The first-order valence-corrected chi connectivity index (χ1v) is 12.6. The number of esters is 4. The van der Waals surface area contributed by atoms with Crippen LogP contribution in [0, 0.1) is 0 Å². The molecule has 16 heteroatoms. The smallest absolute Gasteiger partial charge is 0.303 e. The molecule has 0 bridgehead atoms. The van der Waals surface area contributed by atoms with Crippen molar-refractivity contribution in [1.82, 2.24) is 10.4 Å². The summed E-state index contributed by atoms with van der Waals surface area (Å²) in [5.74, 6) is -3.79. The number of Topliss-reactive ketones (excluding diaryl/α,β-unsaturated/α-hetero) is 1. The van der Waals surface area contributed by atoms with Crippen LogP contribution in [0.3, 0.4) is 0 Å². The maximum atomic E-state index is 13.0. The van der Waals surface area contributed by atoms with E-state index >= 15 is 0 Å². The van der Waals surface area contributed by atoms with Crippen molar-refractivity contribution >= 4 is 74.4 Å². The van der Waals surface area contributed by atoms with Crippen LogP contribution in [0.15, 0.2) is 27.7 Å². The van der Waals surface area contributed by atoms with Crippen LogP contribution in [0.5, 0.6) is 0 Å². The molecule has 0 amide bonds. The number of ether oxygens (including phenoxy) is 5. The number of carbonyl (C=O) groups is 5. The summed E-state index contributed by atoms with van der Waals surface area (Å²) in [4.78, 5) is 64.9. The van der Waals surface area contributed by atoms with Gasteiger partial charge in [-0.1, -0.05) is 15.9 Å². The van der Waals surface area contributed by atoms with Crippen LogP contribution < -0.4 is 11.2 Å². The van der Waals surface area contributed by atoms with E-state index in [1.54, 1.807) is 18.2 Å². The van der Waals surface area contributed by atoms with Crippen LogP contribution in [-0.2, 0) is 42.9 Å². The van der Waals surface area contributed by atoms with Crippen LogP contribution in [0.1, 0.15) is 38.1 Å². The van der Waals surface area contributed by atoms with Gasteiger partial charge in [0.15, 0.2) is 35.5 Å². The summed E-state index contributed by atoms with van der Waals surface area (Å²) in [6.45, 7) is 3.97. The van der Waals surface area contributed by atoms with Gasteiger partial charge in [-0.15, -0.1) is 0 Å². The number of fused-ring (bicyclic) bond motifs is 1. The van der Waals surface area contributed by atoms with E-state index < -0.39 is 66.9 Å². The van der Waals surface area contributed by atoms with Crippen LogP contribution in [0.4, 0.5) is 5.69 Å². The molecule has 210 valence electrons. The standard InChI is InChI=1S/C23H25BrN4O10S/c1-9(29)34-8-16-18(35-10(2)30)19(36-11(3)31)20(37-12(4)32)22(38-16)28(23(25)39)27-21-17(33)14-7-13(24)5-6-15(14)26-21/h5-7,16,18-20,22H,8H2,1-4H3,(H2,25,39)(H,26,27,33)/t16-,18+,19+,20-,22-/m1/s1. The second-order valence-electron chi connectivity index (χ2n) is 8.36. The minimum atomic E-state index is -1.51. The Kier molecular flexibility index (Phi) is 9.58. The number of thiocarbonyl (C=S) groups is 1. The lowest BCUT2D eigenvalue weighted by atomic mass is 9.97. The fourth-order valence-electron chi connectivity index (χ4n) is 3.93. The third-order valence-corrected chi connectivity index (χ3v) is 6.03. The number of carbonyl (C=O) groups excluding carboxylic acids is 5. The molecular formula is C23H25BrN4O10S. The highest BCUT2D eigenvalue weighted by Crippen LogP contribution is 2.32. The molecule has 0 saturated carbocycles. The number of hydrogen-bond donors (Lipinski definition) is 2. The van der Waals surface area contributed by atoms with Gasteiger partial charge in [-0.2, -0.15) is 0 Å². The van der Waals surface area contributed by atoms with E-state index in [1.807, 2.05) is 0 Å². The Bertz CT molecular complexity index is 1240. The van der Waals surface area contributed by atoms with Gasteiger partial charge >= 0.3 is 23.9 Å². The van der Waals surface area contributed by atoms with Crippen LogP contribution in [0.25, 0.3) is 0 Å². The zero-order valence-electron chi connectivity index (χ0n) is 21.2. The van der Waals surface area contributed by atoms with Gasteiger partial charge in [0, 0.05) is 32.2 Å². The third kappa shape index (κ3) is 7.27. The molecule has 0 radical (unpaired) electrons. The van der Waals surface area contributed by atoms with Crippen molar-refractivity contribution in [1.29, 1.82) is 0 Å². The van der Waals surface area contributed by atoms with Gasteiger partial charge in [-0.3, -0.25) is 29.4 Å². The molecule has 3 N–H and O–H groups in total. The number of rotatable bonds is 6. The fourth-order valence-corrected chi connectivity index (χ4v) is 4.44. The van der Waals surface area contributed by atoms with E-state index in [9.17, 15) is 24.0 Å². The van der Waals surface area contributed by atoms with E-state index in [4.69, 9.17) is 41.6 Å². The normalized spacial score (nSPS) is 23.6. The second-order valence-corrected chi connectivity index (χ2v) is 9.69. The Morgan fingerprint density at radius 1 is 1.03 bits per heavy atom. The number of nitrogens with zero attached hydrogens (tertiary/aromatic N) is 2. The lowest BCUT2D eigenvalue weighted by Crippen LogP contribution is -2.70. The Morgan fingerprint density at radius 2 is 1.62 bits per heavy atom. The third-order valence-electron chi connectivity index (χ3n) is 5.34. The van der Waals surface area contributed by atoms with Gasteiger partial charge in [-0.25, -0.2) is 10.0 Å². The summed E-state index contributed by atoms with van der Waals surface area (Å²) in [6.07, 6.45) is -7.11. The average molecular weight is 629 g/mol.